The summed E-state index contributed by atoms with van der Waals surface area (Å²) in [5, 5.41) is 4.98. The van der Waals surface area contributed by atoms with E-state index in [9.17, 15) is 9.59 Å². The molecule has 4 rings (SSSR count). The summed E-state index contributed by atoms with van der Waals surface area (Å²) in [7, 11) is 0. The van der Waals surface area contributed by atoms with Gasteiger partial charge in [0, 0.05) is 29.8 Å². The molecule has 1 aliphatic heterocycles. The van der Waals surface area contributed by atoms with Crippen molar-refractivity contribution < 1.29 is 4.52 Å². The van der Waals surface area contributed by atoms with Crippen molar-refractivity contribution in [3.8, 4) is 11.4 Å². The van der Waals surface area contributed by atoms with E-state index in [1.807, 2.05) is 0 Å². The second-order valence-corrected chi connectivity index (χ2v) is 7.56. The zero-order chi connectivity index (χ0) is 19.7. The Bertz CT molecular complexity index is 1070. The van der Waals surface area contributed by atoms with Gasteiger partial charge in [-0.05, 0) is 44.1 Å². The van der Waals surface area contributed by atoms with E-state index < -0.39 is 11.2 Å². The topological polar surface area (TPSA) is 108 Å². The molecular weight excluding hydrogens is 405 g/mol. The Morgan fingerprint density at radius 1 is 1.11 bits per heavy atom. The highest BCUT2D eigenvalue weighted by Gasteiger charge is 2.25. The molecule has 8 nitrogen and oxygen atoms in total. The van der Waals surface area contributed by atoms with Crippen molar-refractivity contribution in [1.29, 1.82) is 0 Å². The average Bonchev–Trinajstić information content (AvgIpc) is 3.14. The molecule has 0 amide bonds. The van der Waals surface area contributed by atoms with E-state index in [2.05, 4.69) is 25.0 Å². The fraction of sp³-hybridized carbons (Fsp3) is 0.333. The third-order valence-corrected chi connectivity index (χ3v) is 5.51. The molecule has 0 atom stereocenters. The maximum Gasteiger partial charge on any atom is 0.325 e. The van der Waals surface area contributed by atoms with Gasteiger partial charge in [-0.15, -0.1) is 0 Å². The number of likely N-dealkylation sites (tertiary alicyclic amines) is 1. The number of halogens is 2. The van der Waals surface area contributed by atoms with Crippen molar-refractivity contribution in [2.45, 2.75) is 25.3 Å². The van der Waals surface area contributed by atoms with Crippen molar-refractivity contribution in [2.24, 2.45) is 0 Å². The maximum atomic E-state index is 11.4. The van der Waals surface area contributed by atoms with Crippen molar-refractivity contribution in [3.63, 3.8) is 0 Å². The number of hydrogen-bond donors (Lipinski definition) is 2. The Morgan fingerprint density at radius 3 is 2.61 bits per heavy atom. The van der Waals surface area contributed by atoms with Crippen LogP contribution in [0.2, 0.25) is 10.0 Å². The summed E-state index contributed by atoms with van der Waals surface area (Å²) in [6, 6.07) is 6.62. The quantitative estimate of drug-likeness (QED) is 0.670. The Hall–Kier alpha value is -2.42. The smallest absolute Gasteiger partial charge is 0.325 e. The van der Waals surface area contributed by atoms with Crippen molar-refractivity contribution >= 4 is 23.2 Å². The summed E-state index contributed by atoms with van der Waals surface area (Å²) in [6.45, 7) is 2.11. The molecular formula is C18H17Cl2N5O3. The van der Waals surface area contributed by atoms with Crippen LogP contribution in [0, 0.1) is 0 Å². The van der Waals surface area contributed by atoms with Gasteiger partial charge in [0.2, 0.25) is 11.7 Å². The summed E-state index contributed by atoms with van der Waals surface area (Å²) < 4.78 is 5.46. The lowest BCUT2D eigenvalue weighted by atomic mass is 9.96. The number of aromatic amines is 2. The SMILES string of the molecule is O=c1cc(CN2CCC(c3nc(-c4ccc(Cl)c(Cl)c4)no3)CC2)[nH]c(=O)[nH]1. The van der Waals surface area contributed by atoms with E-state index >= 15 is 0 Å². The van der Waals surface area contributed by atoms with E-state index in [4.69, 9.17) is 27.7 Å². The highest BCUT2D eigenvalue weighted by molar-refractivity contribution is 6.42. The van der Waals surface area contributed by atoms with E-state index in [1.54, 1.807) is 18.2 Å². The summed E-state index contributed by atoms with van der Waals surface area (Å²) in [4.78, 5) is 34.3. The molecule has 0 radical (unpaired) electrons. The fourth-order valence-electron chi connectivity index (χ4n) is 3.34. The maximum absolute atomic E-state index is 11.4. The lowest BCUT2D eigenvalue weighted by Crippen LogP contribution is -2.34. The molecule has 2 aromatic heterocycles. The van der Waals surface area contributed by atoms with Gasteiger partial charge >= 0.3 is 5.69 Å². The van der Waals surface area contributed by atoms with Gasteiger partial charge < -0.3 is 9.51 Å². The van der Waals surface area contributed by atoms with Crippen LogP contribution in [-0.2, 0) is 6.54 Å². The largest absolute Gasteiger partial charge is 0.339 e. The number of nitrogens with zero attached hydrogens (tertiary/aromatic N) is 3. The molecule has 146 valence electrons. The molecule has 1 aliphatic rings. The first-order chi connectivity index (χ1) is 13.5. The first-order valence-corrected chi connectivity index (χ1v) is 9.57. The van der Waals surface area contributed by atoms with Crippen LogP contribution >= 0.6 is 23.2 Å². The molecule has 2 N–H and O–H groups in total. The molecule has 0 spiro atoms. The lowest BCUT2D eigenvalue weighted by Gasteiger charge is -2.29. The molecule has 3 aromatic rings. The van der Waals surface area contributed by atoms with Gasteiger partial charge in [-0.2, -0.15) is 4.98 Å². The third kappa shape index (κ3) is 4.19. The van der Waals surface area contributed by atoms with Crippen LogP contribution in [-0.4, -0.2) is 38.1 Å². The number of benzene rings is 1. The third-order valence-electron chi connectivity index (χ3n) is 4.77. The Balaban J connectivity index is 1.40. The summed E-state index contributed by atoms with van der Waals surface area (Å²) >= 11 is 12.0. The van der Waals surface area contributed by atoms with E-state index in [-0.39, 0.29) is 5.92 Å². The van der Waals surface area contributed by atoms with Crippen LogP contribution in [0.3, 0.4) is 0 Å². The fourth-order valence-corrected chi connectivity index (χ4v) is 3.64. The molecule has 1 aromatic carbocycles. The molecule has 10 heteroatoms. The minimum atomic E-state index is -0.488. The van der Waals surface area contributed by atoms with E-state index in [1.165, 1.54) is 6.07 Å². The van der Waals surface area contributed by atoms with Crippen molar-refractivity contribution in [3.05, 3.63) is 66.7 Å². The van der Waals surface area contributed by atoms with Gasteiger partial charge in [-0.25, -0.2) is 4.79 Å². The molecule has 3 heterocycles. The highest BCUT2D eigenvalue weighted by Crippen LogP contribution is 2.31. The summed E-state index contributed by atoms with van der Waals surface area (Å²) in [5.41, 5.74) is 0.472. The van der Waals surface area contributed by atoms with Crippen LogP contribution in [0.5, 0.6) is 0 Å². The van der Waals surface area contributed by atoms with Crippen molar-refractivity contribution in [1.82, 2.24) is 25.0 Å². The minimum Gasteiger partial charge on any atom is -0.339 e. The standard InChI is InChI=1S/C18H17Cl2N5O3/c19-13-2-1-11(7-14(13)20)16-23-17(28-24-16)10-3-5-25(6-4-10)9-12-8-15(26)22-18(27)21-12/h1-2,7-8,10H,3-6,9H2,(H2,21,22,26,27). The van der Waals surface area contributed by atoms with Crippen molar-refractivity contribution in [2.75, 3.05) is 13.1 Å². The first-order valence-electron chi connectivity index (χ1n) is 8.82. The van der Waals surface area contributed by atoms with Gasteiger partial charge in [0.15, 0.2) is 0 Å². The first kappa shape index (κ1) is 18.9. The molecule has 28 heavy (non-hydrogen) atoms. The molecule has 1 fully saturated rings. The Kier molecular flexibility index (Phi) is 5.34. The minimum absolute atomic E-state index is 0.165. The zero-order valence-corrected chi connectivity index (χ0v) is 16.3. The van der Waals surface area contributed by atoms with E-state index in [0.717, 1.165) is 31.5 Å². The average molecular weight is 422 g/mol. The van der Waals surface area contributed by atoms with Crippen LogP contribution in [0.4, 0.5) is 0 Å². The second-order valence-electron chi connectivity index (χ2n) is 6.75. The van der Waals surface area contributed by atoms with Gasteiger partial charge in [-0.1, -0.05) is 28.4 Å². The highest BCUT2D eigenvalue weighted by atomic mass is 35.5. The number of piperidine rings is 1. The van der Waals surface area contributed by atoms with Crippen LogP contribution < -0.4 is 11.2 Å². The lowest BCUT2D eigenvalue weighted by molar-refractivity contribution is 0.186. The summed E-state index contributed by atoms with van der Waals surface area (Å²) in [6.07, 6.45) is 1.69. The summed E-state index contributed by atoms with van der Waals surface area (Å²) in [5.74, 6) is 1.25. The number of rotatable bonds is 4. The normalized spacial score (nSPS) is 15.8. The molecule has 0 aliphatic carbocycles. The van der Waals surface area contributed by atoms with Crippen LogP contribution in [0.25, 0.3) is 11.4 Å². The Labute approximate surface area is 169 Å². The number of nitrogens with one attached hydrogen (secondary N) is 2. The number of H-pyrrole nitrogens is 2. The molecule has 0 unspecified atom stereocenters. The van der Waals surface area contributed by atoms with Crippen LogP contribution in [0.15, 0.2) is 38.4 Å². The molecule has 0 saturated carbocycles. The second kappa shape index (κ2) is 7.90. The molecule has 1 saturated heterocycles. The molecule has 0 bridgehead atoms. The van der Waals surface area contributed by atoms with Gasteiger partial charge in [0.25, 0.3) is 5.56 Å². The monoisotopic (exact) mass is 421 g/mol. The van der Waals surface area contributed by atoms with Gasteiger partial charge in [0.05, 0.1) is 10.0 Å². The van der Waals surface area contributed by atoms with Crippen LogP contribution in [0.1, 0.15) is 30.3 Å². The predicted octanol–water partition coefficient (Wildman–Crippen LogP) is 2.80. The Morgan fingerprint density at radius 2 is 1.89 bits per heavy atom. The zero-order valence-electron chi connectivity index (χ0n) is 14.7. The number of hydrogen-bond acceptors (Lipinski definition) is 6. The van der Waals surface area contributed by atoms with Gasteiger partial charge in [-0.3, -0.25) is 14.7 Å². The number of aromatic nitrogens is 4. The van der Waals surface area contributed by atoms with E-state index in [0.29, 0.717) is 34.0 Å². The van der Waals surface area contributed by atoms with Gasteiger partial charge in [0.1, 0.15) is 0 Å². The predicted molar refractivity (Wildman–Crippen MR) is 105 cm³/mol.